The van der Waals surface area contributed by atoms with E-state index in [1.165, 1.54) is 6.20 Å². The van der Waals surface area contributed by atoms with E-state index < -0.39 is 23.2 Å². The highest BCUT2D eigenvalue weighted by atomic mass is 35.5. The molecule has 1 heterocycles. The van der Waals surface area contributed by atoms with Crippen LogP contribution in [-0.4, -0.2) is 89.3 Å². The van der Waals surface area contributed by atoms with E-state index in [1.54, 1.807) is 24.4 Å². The monoisotopic (exact) mass is 706 g/mol. The molecule has 0 saturated carbocycles. The van der Waals surface area contributed by atoms with E-state index in [0.717, 1.165) is 11.1 Å². The molecular weight excluding hydrogens is 660 g/mol. The Hall–Kier alpha value is -3.83. The lowest BCUT2D eigenvalue weighted by atomic mass is 9.65. The van der Waals surface area contributed by atoms with Crippen LogP contribution < -0.4 is 20.1 Å². The Balaban J connectivity index is 1.60. The van der Waals surface area contributed by atoms with Crippen molar-refractivity contribution in [3.8, 4) is 17.6 Å². The molecule has 268 valence electrons. The summed E-state index contributed by atoms with van der Waals surface area (Å²) in [7, 11) is 0. The van der Waals surface area contributed by atoms with Gasteiger partial charge in [-0.25, -0.2) is 0 Å². The van der Waals surface area contributed by atoms with Gasteiger partial charge in [-0.3, -0.25) is 4.98 Å². The predicted molar refractivity (Wildman–Crippen MR) is 192 cm³/mol. The number of pyridine rings is 1. The van der Waals surface area contributed by atoms with E-state index in [-0.39, 0.29) is 46.1 Å². The second kappa shape index (κ2) is 19.0. The molecule has 0 fully saturated rings. The standard InChI is InChI=1S/C38H47ClN4O7/c1-37(2)33(29-8-4-3-5-9-29)10-6-11-38(37,50-13-7-12-41-21-32(47)24-46)26-49-36-16-35(48-25-28-14-27(17-40)18-42-19-28)30(15-34(36)39)20-43-31(22-44)23-45/h3-6,8-11,14-16,18-19,31-32,41,43-47H,7,12-13,20-26H2,1-2H3/t32?,38-/m1/s1. The number of hydrogen-bond donors (Lipinski definition) is 6. The minimum absolute atomic E-state index is 0.110. The molecule has 0 amide bonds. The summed E-state index contributed by atoms with van der Waals surface area (Å²) < 4.78 is 19.5. The molecule has 0 saturated heterocycles. The van der Waals surface area contributed by atoms with Crippen LogP contribution in [0, 0.1) is 16.7 Å². The molecule has 3 aromatic rings. The molecule has 6 N–H and O–H groups in total. The molecule has 4 rings (SSSR count). The van der Waals surface area contributed by atoms with Crippen molar-refractivity contribution in [2.24, 2.45) is 5.41 Å². The minimum Gasteiger partial charge on any atom is -0.488 e. The Labute approximate surface area is 298 Å². The fourth-order valence-electron chi connectivity index (χ4n) is 5.68. The second-order valence-corrected chi connectivity index (χ2v) is 13.1. The van der Waals surface area contributed by atoms with Crippen LogP contribution >= 0.6 is 11.6 Å². The van der Waals surface area contributed by atoms with Gasteiger partial charge in [0.15, 0.2) is 0 Å². The van der Waals surface area contributed by atoms with Gasteiger partial charge < -0.3 is 45.3 Å². The average Bonchev–Trinajstić information content (AvgIpc) is 3.13. The van der Waals surface area contributed by atoms with Crippen molar-refractivity contribution in [1.82, 2.24) is 15.6 Å². The summed E-state index contributed by atoms with van der Waals surface area (Å²) in [5.74, 6) is 0.834. The maximum absolute atomic E-state index is 9.66. The largest absolute Gasteiger partial charge is 0.488 e. The van der Waals surface area contributed by atoms with Gasteiger partial charge in [0.1, 0.15) is 36.4 Å². The van der Waals surface area contributed by atoms with Crippen LogP contribution in [0.15, 0.2) is 79.2 Å². The summed E-state index contributed by atoms with van der Waals surface area (Å²) in [4.78, 5) is 4.12. The quantitative estimate of drug-likeness (QED) is 0.0946. The molecule has 2 atom stereocenters. The van der Waals surface area contributed by atoms with Crippen molar-refractivity contribution in [2.45, 2.75) is 51.2 Å². The van der Waals surface area contributed by atoms with Crippen LogP contribution in [0.25, 0.3) is 5.57 Å². The number of aliphatic hydroxyl groups is 4. The number of nitrogens with zero attached hydrogens (tertiary/aromatic N) is 2. The first-order chi connectivity index (χ1) is 24.2. The van der Waals surface area contributed by atoms with Crippen LogP contribution in [0.3, 0.4) is 0 Å². The van der Waals surface area contributed by atoms with Gasteiger partial charge in [-0.05, 0) is 42.3 Å². The van der Waals surface area contributed by atoms with Crippen LogP contribution in [0.5, 0.6) is 11.5 Å². The van der Waals surface area contributed by atoms with Crippen LogP contribution in [0.1, 0.15) is 42.5 Å². The number of nitrogens with one attached hydrogen (secondary N) is 2. The third kappa shape index (κ3) is 10.1. The Morgan fingerprint density at radius 2 is 1.78 bits per heavy atom. The fraction of sp³-hybridized carbons (Fsp3) is 0.421. The van der Waals surface area contributed by atoms with E-state index in [0.29, 0.717) is 52.8 Å². The third-order valence-electron chi connectivity index (χ3n) is 8.79. The van der Waals surface area contributed by atoms with Gasteiger partial charge in [0.2, 0.25) is 0 Å². The molecule has 1 aromatic heterocycles. The molecule has 12 heteroatoms. The van der Waals surface area contributed by atoms with Crippen molar-refractivity contribution in [3.63, 3.8) is 0 Å². The number of halogens is 1. The Bertz CT molecular complexity index is 1630. The molecule has 11 nitrogen and oxygen atoms in total. The summed E-state index contributed by atoms with van der Waals surface area (Å²) in [5, 5.41) is 53.8. The molecule has 50 heavy (non-hydrogen) atoms. The highest BCUT2D eigenvalue weighted by Crippen LogP contribution is 2.49. The molecule has 0 bridgehead atoms. The van der Waals surface area contributed by atoms with Gasteiger partial charge in [0.05, 0.1) is 42.6 Å². The van der Waals surface area contributed by atoms with E-state index in [2.05, 4.69) is 53.7 Å². The topological polar surface area (TPSA) is 169 Å². The number of ether oxygens (including phenoxy) is 3. The van der Waals surface area contributed by atoms with E-state index in [9.17, 15) is 20.6 Å². The predicted octanol–water partition coefficient (Wildman–Crippen LogP) is 3.78. The summed E-state index contributed by atoms with van der Waals surface area (Å²) in [6.45, 7) is 5.19. The summed E-state index contributed by atoms with van der Waals surface area (Å²) >= 11 is 6.83. The van der Waals surface area contributed by atoms with E-state index in [4.69, 9.17) is 30.9 Å². The molecule has 1 aliphatic carbocycles. The van der Waals surface area contributed by atoms with Crippen molar-refractivity contribution in [3.05, 3.63) is 106 Å². The summed E-state index contributed by atoms with van der Waals surface area (Å²) in [6, 6.07) is 16.8. The highest BCUT2D eigenvalue weighted by Gasteiger charge is 2.49. The first kappa shape index (κ1) is 39.0. The van der Waals surface area contributed by atoms with Gasteiger partial charge in [-0.1, -0.05) is 67.9 Å². The first-order valence-corrected chi connectivity index (χ1v) is 17.0. The lowest BCUT2D eigenvalue weighted by Gasteiger charge is -2.47. The normalized spacial score (nSPS) is 17.3. The second-order valence-electron chi connectivity index (χ2n) is 12.7. The molecule has 0 aliphatic heterocycles. The lowest BCUT2D eigenvalue weighted by molar-refractivity contribution is -0.0916. The van der Waals surface area contributed by atoms with Gasteiger partial charge >= 0.3 is 0 Å². The summed E-state index contributed by atoms with van der Waals surface area (Å²) in [6.07, 6.45) is 9.04. The third-order valence-corrected chi connectivity index (χ3v) is 9.09. The number of benzene rings is 2. The number of hydrogen-bond acceptors (Lipinski definition) is 11. The Morgan fingerprint density at radius 1 is 1.00 bits per heavy atom. The van der Waals surface area contributed by atoms with Crippen molar-refractivity contribution in [1.29, 1.82) is 5.26 Å². The molecule has 0 spiro atoms. The number of nitriles is 1. The van der Waals surface area contributed by atoms with Gasteiger partial charge in [0.25, 0.3) is 0 Å². The average molecular weight is 707 g/mol. The van der Waals surface area contributed by atoms with Crippen molar-refractivity contribution < 1.29 is 34.6 Å². The van der Waals surface area contributed by atoms with E-state index in [1.807, 2.05) is 30.4 Å². The lowest BCUT2D eigenvalue weighted by Crippen LogP contribution is -2.52. The molecule has 1 aliphatic rings. The molecular formula is C38H47ClN4O7. The van der Waals surface area contributed by atoms with Gasteiger partial charge in [-0.2, -0.15) is 5.26 Å². The van der Waals surface area contributed by atoms with Crippen LogP contribution in [0.2, 0.25) is 5.02 Å². The minimum atomic E-state index is -0.916. The zero-order chi connectivity index (χ0) is 36.0. The van der Waals surface area contributed by atoms with Gasteiger partial charge in [-0.15, -0.1) is 0 Å². The van der Waals surface area contributed by atoms with Crippen LogP contribution in [-0.2, 0) is 17.9 Å². The Kier molecular flexibility index (Phi) is 14.8. The first-order valence-electron chi connectivity index (χ1n) is 16.6. The fourth-order valence-corrected chi connectivity index (χ4v) is 5.92. The number of allylic oxidation sites excluding steroid dienone is 2. The van der Waals surface area contributed by atoms with Crippen molar-refractivity contribution in [2.75, 3.05) is 46.1 Å². The van der Waals surface area contributed by atoms with Crippen molar-refractivity contribution >= 4 is 17.2 Å². The zero-order valence-electron chi connectivity index (χ0n) is 28.5. The summed E-state index contributed by atoms with van der Waals surface area (Å²) in [5.41, 5.74) is 2.47. The smallest absolute Gasteiger partial charge is 0.141 e. The SMILES string of the molecule is CC1(C)C(c2ccccc2)=CC=C[C@]1(COc1cc(OCc2cncc(C#N)c2)c(CNC(CO)CO)cc1Cl)OCCCNCC(O)CO. The number of aliphatic hydroxyl groups excluding tert-OH is 4. The van der Waals surface area contributed by atoms with E-state index >= 15 is 0 Å². The molecule has 0 radical (unpaired) electrons. The zero-order valence-corrected chi connectivity index (χ0v) is 29.3. The number of aromatic nitrogens is 1. The number of rotatable bonds is 20. The Morgan fingerprint density at radius 3 is 2.50 bits per heavy atom. The maximum atomic E-state index is 9.66. The molecule has 1 unspecified atom stereocenters. The van der Waals surface area contributed by atoms with Crippen LogP contribution in [0.4, 0.5) is 0 Å². The van der Waals surface area contributed by atoms with Gasteiger partial charge in [0, 0.05) is 54.7 Å². The highest BCUT2D eigenvalue weighted by molar-refractivity contribution is 6.32. The maximum Gasteiger partial charge on any atom is 0.141 e. The molecule has 2 aromatic carbocycles.